The summed E-state index contributed by atoms with van der Waals surface area (Å²) in [6.07, 6.45) is 1.51. The lowest BCUT2D eigenvalue weighted by Crippen LogP contribution is -2.16. The molecule has 1 heterocycles. The maximum atomic E-state index is 6.26. The van der Waals surface area contributed by atoms with Gasteiger partial charge in [0, 0.05) is 5.56 Å². The number of hydrogen-bond acceptors (Lipinski definition) is 6. The van der Waals surface area contributed by atoms with E-state index >= 15 is 0 Å². The van der Waals surface area contributed by atoms with Crippen molar-refractivity contribution in [3.8, 4) is 17.5 Å². The molecule has 106 valence electrons. The zero-order valence-electron chi connectivity index (χ0n) is 11.7. The number of nitrogens with zero attached hydrogens (tertiary/aromatic N) is 2. The average Bonchev–Trinajstić information content (AvgIpc) is 2.53. The SMILES string of the molecule is COc1cnc(C(N)c2ccccc2OC)c(OC)n1. The Balaban J connectivity index is 2.45. The Morgan fingerprint density at radius 3 is 2.45 bits per heavy atom. The molecule has 0 aliphatic rings. The maximum Gasteiger partial charge on any atom is 0.240 e. The minimum Gasteiger partial charge on any atom is -0.496 e. The van der Waals surface area contributed by atoms with E-state index in [4.69, 9.17) is 19.9 Å². The van der Waals surface area contributed by atoms with E-state index in [0.717, 1.165) is 5.56 Å². The van der Waals surface area contributed by atoms with Crippen LogP contribution in [0.25, 0.3) is 0 Å². The lowest BCUT2D eigenvalue weighted by atomic mass is 10.0. The monoisotopic (exact) mass is 275 g/mol. The van der Waals surface area contributed by atoms with Crippen LogP contribution in [-0.4, -0.2) is 31.3 Å². The number of aromatic nitrogens is 2. The summed E-state index contributed by atoms with van der Waals surface area (Å²) in [4.78, 5) is 8.46. The van der Waals surface area contributed by atoms with Gasteiger partial charge in [0.2, 0.25) is 11.8 Å². The van der Waals surface area contributed by atoms with Crippen LogP contribution in [0.15, 0.2) is 30.5 Å². The Morgan fingerprint density at radius 1 is 1.05 bits per heavy atom. The fourth-order valence-electron chi connectivity index (χ4n) is 1.90. The highest BCUT2D eigenvalue weighted by Gasteiger charge is 2.20. The molecular formula is C14H17N3O3. The molecule has 2 N–H and O–H groups in total. The maximum absolute atomic E-state index is 6.26. The lowest BCUT2D eigenvalue weighted by molar-refractivity contribution is 0.354. The molecule has 0 aliphatic carbocycles. The van der Waals surface area contributed by atoms with E-state index in [-0.39, 0.29) is 0 Å². The second kappa shape index (κ2) is 6.21. The third kappa shape index (κ3) is 2.65. The number of para-hydroxylation sites is 1. The number of hydrogen-bond donors (Lipinski definition) is 1. The Labute approximate surface area is 117 Å². The molecule has 6 heteroatoms. The van der Waals surface area contributed by atoms with Gasteiger partial charge in [-0.1, -0.05) is 18.2 Å². The Kier molecular flexibility index (Phi) is 4.37. The first-order chi connectivity index (χ1) is 9.71. The summed E-state index contributed by atoms with van der Waals surface area (Å²) >= 11 is 0. The minimum absolute atomic E-state index is 0.336. The van der Waals surface area contributed by atoms with E-state index in [2.05, 4.69) is 9.97 Å². The van der Waals surface area contributed by atoms with Gasteiger partial charge in [0.15, 0.2) is 0 Å². The van der Waals surface area contributed by atoms with E-state index in [1.165, 1.54) is 20.4 Å². The minimum atomic E-state index is -0.500. The van der Waals surface area contributed by atoms with Crippen LogP contribution in [0.5, 0.6) is 17.5 Å². The lowest BCUT2D eigenvalue weighted by Gasteiger charge is -2.17. The van der Waals surface area contributed by atoms with Gasteiger partial charge in [-0.05, 0) is 6.07 Å². The molecule has 0 amide bonds. The molecule has 0 bridgehead atoms. The van der Waals surface area contributed by atoms with Crippen molar-refractivity contribution in [2.45, 2.75) is 6.04 Å². The molecule has 1 unspecified atom stereocenters. The average molecular weight is 275 g/mol. The molecule has 0 aliphatic heterocycles. The first kappa shape index (κ1) is 14.1. The molecule has 0 radical (unpaired) electrons. The number of ether oxygens (including phenoxy) is 3. The quantitative estimate of drug-likeness (QED) is 0.891. The van der Waals surface area contributed by atoms with Crippen LogP contribution in [0.1, 0.15) is 17.3 Å². The molecule has 1 aromatic carbocycles. The van der Waals surface area contributed by atoms with E-state index in [1.807, 2.05) is 24.3 Å². The molecule has 1 atom stereocenters. The van der Waals surface area contributed by atoms with Crippen LogP contribution in [0.3, 0.4) is 0 Å². The molecule has 0 saturated carbocycles. The summed E-state index contributed by atoms with van der Waals surface area (Å²) in [7, 11) is 4.63. The van der Waals surface area contributed by atoms with Gasteiger partial charge in [-0.25, -0.2) is 4.98 Å². The van der Waals surface area contributed by atoms with Crippen molar-refractivity contribution in [2.75, 3.05) is 21.3 Å². The number of rotatable bonds is 5. The van der Waals surface area contributed by atoms with Crippen molar-refractivity contribution < 1.29 is 14.2 Å². The molecule has 0 saturated heterocycles. The van der Waals surface area contributed by atoms with Gasteiger partial charge in [-0.15, -0.1) is 0 Å². The van der Waals surface area contributed by atoms with Gasteiger partial charge in [0.05, 0.1) is 33.6 Å². The third-order valence-corrected chi connectivity index (χ3v) is 2.92. The van der Waals surface area contributed by atoms with Crippen LogP contribution >= 0.6 is 0 Å². The van der Waals surface area contributed by atoms with E-state index < -0.39 is 6.04 Å². The molecule has 0 fully saturated rings. The molecule has 20 heavy (non-hydrogen) atoms. The first-order valence-corrected chi connectivity index (χ1v) is 6.04. The summed E-state index contributed by atoms with van der Waals surface area (Å²) in [5.41, 5.74) is 7.60. The summed E-state index contributed by atoms with van der Waals surface area (Å²) < 4.78 is 15.6. The second-order valence-corrected chi connectivity index (χ2v) is 4.03. The fourth-order valence-corrected chi connectivity index (χ4v) is 1.90. The normalized spacial score (nSPS) is 11.8. The zero-order chi connectivity index (χ0) is 14.5. The standard InChI is InChI=1S/C14H17N3O3/c1-18-10-7-5-4-6-9(10)12(15)13-14(20-3)17-11(19-2)8-16-13/h4-8,12H,15H2,1-3H3. The van der Waals surface area contributed by atoms with Crippen LogP contribution in [-0.2, 0) is 0 Å². The van der Waals surface area contributed by atoms with E-state index in [1.54, 1.807) is 7.11 Å². The fraction of sp³-hybridized carbons (Fsp3) is 0.286. The van der Waals surface area contributed by atoms with Crippen LogP contribution in [0.4, 0.5) is 0 Å². The van der Waals surface area contributed by atoms with Gasteiger partial charge in [0.1, 0.15) is 11.4 Å². The predicted molar refractivity (Wildman–Crippen MR) is 74.2 cm³/mol. The number of benzene rings is 1. The smallest absolute Gasteiger partial charge is 0.240 e. The Morgan fingerprint density at radius 2 is 1.80 bits per heavy atom. The topological polar surface area (TPSA) is 79.5 Å². The van der Waals surface area contributed by atoms with Crippen molar-refractivity contribution in [2.24, 2.45) is 5.73 Å². The van der Waals surface area contributed by atoms with Crippen molar-refractivity contribution in [1.29, 1.82) is 0 Å². The van der Waals surface area contributed by atoms with Gasteiger partial charge in [0.25, 0.3) is 0 Å². The third-order valence-electron chi connectivity index (χ3n) is 2.92. The highest BCUT2D eigenvalue weighted by atomic mass is 16.5. The molecule has 0 spiro atoms. The highest BCUT2D eigenvalue weighted by Crippen LogP contribution is 2.31. The molecule has 6 nitrogen and oxygen atoms in total. The molecule has 2 aromatic rings. The van der Waals surface area contributed by atoms with Crippen LogP contribution in [0, 0.1) is 0 Å². The summed E-state index contributed by atoms with van der Waals surface area (Å²) in [5.74, 6) is 1.40. The summed E-state index contributed by atoms with van der Waals surface area (Å²) in [6.45, 7) is 0. The largest absolute Gasteiger partial charge is 0.496 e. The van der Waals surface area contributed by atoms with E-state index in [0.29, 0.717) is 23.2 Å². The van der Waals surface area contributed by atoms with Crippen LogP contribution in [0.2, 0.25) is 0 Å². The molecule has 2 rings (SSSR count). The predicted octanol–water partition coefficient (Wildman–Crippen LogP) is 1.55. The van der Waals surface area contributed by atoms with Gasteiger partial charge >= 0.3 is 0 Å². The number of methoxy groups -OCH3 is 3. The summed E-state index contributed by atoms with van der Waals surface area (Å²) in [6, 6.07) is 7.00. The molecular weight excluding hydrogens is 258 g/mol. The summed E-state index contributed by atoms with van der Waals surface area (Å²) in [5, 5.41) is 0. The van der Waals surface area contributed by atoms with Crippen molar-refractivity contribution in [3.63, 3.8) is 0 Å². The van der Waals surface area contributed by atoms with Gasteiger partial charge in [-0.2, -0.15) is 4.98 Å². The van der Waals surface area contributed by atoms with Gasteiger partial charge < -0.3 is 19.9 Å². The van der Waals surface area contributed by atoms with Crippen molar-refractivity contribution in [3.05, 3.63) is 41.7 Å². The first-order valence-electron chi connectivity index (χ1n) is 6.04. The van der Waals surface area contributed by atoms with Crippen molar-refractivity contribution >= 4 is 0 Å². The van der Waals surface area contributed by atoms with Crippen LogP contribution < -0.4 is 19.9 Å². The zero-order valence-corrected chi connectivity index (χ0v) is 11.7. The van der Waals surface area contributed by atoms with E-state index in [9.17, 15) is 0 Å². The highest BCUT2D eigenvalue weighted by molar-refractivity contribution is 5.42. The van der Waals surface area contributed by atoms with Crippen molar-refractivity contribution in [1.82, 2.24) is 9.97 Å². The second-order valence-electron chi connectivity index (χ2n) is 4.03. The van der Waals surface area contributed by atoms with Gasteiger partial charge in [-0.3, -0.25) is 0 Å². The number of nitrogens with two attached hydrogens (primary N) is 1. The Hall–Kier alpha value is -2.34. The Bertz CT molecular complexity index is 590. The molecule has 1 aromatic heterocycles.